The average Bonchev–Trinajstić information content (AvgIpc) is 1.62. The Bertz CT molecular complexity index is 3930. The zero-order valence-corrected chi connectivity index (χ0v) is 70.2. The van der Waals surface area contributed by atoms with Gasteiger partial charge in [0.05, 0.1) is 19.1 Å². The number of phenols is 1. The Morgan fingerprint density at radius 2 is 0.833 bits per heavy atom. The number of nitrogens with one attached hydrogen (secondary N) is 11. The van der Waals surface area contributed by atoms with Crippen LogP contribution < -0.4 is 81.4 Å². The SMILES string of the molecule is CC(C)C[C@H](NC(=O)[C@@H](NC(=O)[C@@H]1CCCN1C(=O)[C@H](CCC(=O)O)NC(=O)[C@H](CCC(N)=O)NC(=O)[C@H](Cc1ccc(O)cc1)NC(=O)[C@H](CC(C)C)NC(=O)[C@@H](N)CC(C)C)C(C)C)C(=O)NCC(=O)N1CCC[C@H]1C(=O)N[C@H](C(=O)N[C@@H](CCCN=C(N)N)C(=O)NCC(=O)N1CCC[C@H]1C(=O)N[C@@H](Cc1ccccc1)C(=O)O)C(C)C. The largest absolute Gasteiger partial charge is 0.508 e. The number of nitrogens with two attached hydrogens (primary N) is 4. The molecular weight excluding hydrogens is 1560 g/mol. The van der Waals surface area contributed by atoms with Gasteiger partial charge in [-0.05, 0) is 136 Å². The Morgan fingerprint density at radius 1 is 0.433 bits per heavy atom. The second kappa shape index (κ2) is 48.5. The third kappa shape index (κ3) is 32.3. The molecule has 13 atom stereocenters. The van der Waals surface area contributed by atoms with Crippen LogP contribution in [0.2, 0.25) is 0 Å². The number of hydrogen-bond donors (Lipinski definition) is 18. The summed E-state index contributed by atoms with van der Waals surface area (Å²) in [7, 11) is 0. The summed E-state index contributed by atoms with van der Waals surface area (Å²) < 4.78 is 0. The third-order valence-corrected chi connectivity index (χ3v) is 20.7. The number of carboxylic acids is 2. The van der Waals surface area contributed by atoms with E-state index in [0.29, 0.717) is 30.4 Å². The van der Waals surface area contributed by atoms with Crippen LogP contribution in [0, 0.1) is 29.6 Å². The van der Waals surface area contributed by atoms with Crippen molar-refractivity contribution in [1.29, 1.82) is 0 Å². The second-order valence-corrected chi connectivity index (χ2v) is 32.8. The molecule has 3 aliphatic rings. The van der Waals surface area contributed by atoms with Crippen molar-refractivity contribution in [3.8, 4) is 5.75 Å². The fraction of sp³-hybridized carbons (Fsp3) is 0.630. The van der Waals surface area contributed by atoms with Gasteiger partial charge in [0.25, 0.3) is 0 Å². The lowest BCUT2D eigenvalue weighted by molar-refractivity contribution is -0.144. The summed E-state index contributed by atoms with van der Waals surface area (Å²) in [6.07, 6.45) is -0.531. The van der Waals surface area contributed by atoms with Crippen LogP contribution in [0.3, 0.4) is 0 Å². The molecule has 120 heavy (non-hydrogen) atoms. The number of carbonyl (C=O) groups excluding carboxylic acids is 15. The third-order valence-electron chi connectivity index (χ3n) is 20.7. The number of rotatable bonds is 48. The Hall–Kier alpha value is -11.5. The number of amides is 15. The van der Waals surface area contributed by atoms with Crippen LogP contribution in [0.5, 0.6) is 5.75 Å². The molecule has 39 nitrogen and oxygen atoms in total. The van der Waals surface area contributed by atoms with Crippen molar-refractivity contribution in [3.05, 3.63) is 65.7 Å². The van der Waals surface area contributed by atoms with E-state index in [2.05, 4.69) is 63.5 Å². The lowest BCUT2D eigenvalue weighted by atomic mass is 9.99. The summed E-state index contributed by atoms with van der Waals surface area (Å²) in [5, 5.41) is 58.7. The maximum absolute atomic E-state index is 14.8. The van der Waals surface area contributed by atoms with Crippen molar-refractivity contribution in [2.45, 2.75) is 257 Å². The summed E-state index contributed by atoms with van der Waals surface area (Å²) in [6.45, 7) is 16.3. The number of phenolic OH excluding ortho intramolecular Hbond substituents is 1. The first-order valence-corrected chi connectivity index (χ1v) is 41.1. The minimum atomic E-state index is -1.69. The molecule has 3 saturated heterocycles. The molecule has 0 spiro atoms. The number of aliphatic imine (C=N–C) groups is 1. The smallest absolute Gasteiger partial charge is 0.326 e. The number of hydrogen-bond acceptors (Lipinski definition) is 20. The Morgan fingerprint density at radius 3 is 1.32 bits per heavy atom. The van der Waals surface area contributed by atoms with E-state index in [1.54, 1.807) is 71.9 Å². The number of guanidine groups is 1. The predicted molar refractivity (Wildman–Crippen MR) is 438 cm³/mol. The molecular formula is C81H125N19O20. The van der Waals surface area contributed by atoms with Crippen molar-refractivity contribution in [3.63, 3.8) is 0 Å². The first-order valence-electron chi connectivity index (χ1n) is 41.1. The summed E-state index contributed by atoms with van der Waals surface area (Å²) >= 11 is 0. The number of benzene rings is 2. The van der Waals surface area contributed by atoms with E-state index in [1.165, 1.54) is 34.1 Å². The molecule has 2 aromatic rings. The molecule has 0 aliphatic carbocycles. The van der Waals surface area contributed by atoms with E-state index in [4.69, 9.17) is 22.9 Å². The molecule has 664 valence electrons. The van der Waals surface area contributed by atoms with E-state index >= 15 is 0 Å². The number of carbonyl (C=O) groups is 17. The average molecular weight is 1690 g/mol. The lowest BCUT2D eigenvalue weighted by Gasteiger charge is -2.32. The maximum atomic E-state index is 14.8. The van der Waals surface area contributed by atoms with Gasteiger partial charge in [-0.1, -0.05) is 112 Å². The molecule has 3 aliphatic heterocycles. The van der Waals surface area contributed by atoms with Crippen molar-refractivity contribution in [1.82, 2.24) is 73.2 Å². The van der Waals surface area contributed by atoms with E-state index in [9.17, 15) is 96.8 Å². The van der Waals surface area contributed by atoms with Gasteiger partial charge in [-0.2, -0.15) is 0 Å². The monoisotopic (exact) mass is 1680 g/mol. The van der Waals surface area contributed by atoms with Crippen LogP contribution in [0.1, 0.15) is 177 Å². The van der Waals surface area contributed by atoms with Crippen LogP contribution in [0.15, 0.2) is 59.6 Å². The van der Waals surface area contributed by atoms with Crippen molar-refractivity contribution in [2.75, 3.05) is 39.3 Å². The highest BCUT2D eigenvalue weighted by Crippen LogP contribution is 2.24. The molecule has 0 aromatic heterocycles. The van der Waals surface area contributed by atoms with Crippen LogP contribution in [-0.2, 0) is 94.3 Å². The normalized spacial score (nSPS) is 17.6. The number of likely N-dealkylation sites (tertiary alicyclic amines) is 3. The number of aromatic hydroxyl groups is 1. The highest BCUT2D eigenvalue weighted by atomic mass is 16.4. The van der Waals surface area contributed by atoms with E-state index in [0.717, 1.165) is 4.90 Å². The van der Waals surface area contributed by atoms with Gasteiger partial charge in [0.15, 0.2) is 5.96 Å². The van der Waals surface area contributed by atoms with Gasteiger partial charge < -0.3 is 111 Å². The molecule has 5 rings (SSSR count). The van der Waals surface area contributed by atoms with Gasteiger partial charge in [-0.3, -0.25) is 81.7 Å². The second-order valence-electron chi connectivity index (χ2n) is 32.8. The van der Waals surface area contributed by atoms with E-state index in [1.807, 2.05) is 27.7 Å². The Kier molecular flexibility index (Phi) is 40.0. The van der Waals surface area contributed by atoms with Crippen molar-refractivity contribution >= 4 is 107 Å². The molecule has 15 amide bonds. The number of aliphatic carboxylic acids is 2. The fourth-order valence-corrected chi connectivity index (χ4v) is 14.4. The minimum Gasteiger partial charge on any atom is -0.508 e. The minimum absolute atomic E-state index is 0.0105. The van der Waals surface area contributed by atoms with Gasteiger partial charge in [0, 0.05) is 51.9 Å². The van der Waals surface area contributed by atoms with Gasteiger partial charge in [-0.25, -0.2) is 4.79 Å². The van der Waals surface area contributed by atoms with Gasteiger partial charge >= 0.3 is 11.9 Å². The first kappa shape index (κ1) is 99.0. The van der Waals surface area contributed by atoms with Crippen molar-refractivity contribution < 1.29 is 96.8 Å². The predicted octanol–water partition coefficient (Wildman–Crippen LogP) is -2.21. The molecule has 3 heterocycles. The summed E-state index contributed by atoms with van der Waals surface area (Å²) in [5.74, 6) is -16.8. The van der Waals surface area contributed by atoms with Crippen LogP contribution in [0.25, 0.3) is 0 Å². The Labute approximate surface area is 698 Å². The summed E-state index contributed by atoms with van der Waals surface area (Å²) in [4.78, 5) is 242. The van der Waals surface area contributed by atoms with Gasteiger partial charge in [0.2, 0.25) is 88.6 Å². The highest BCUT2D eigenvalue weighted by molar-refractivity contribution is 6.01. The molecule has 39 heteroatoms. The molecule has 0 saturated carbocycles. The standard InChI is InChI=1S/C81H125N19O20/c1-43(2)36-51(82)68(107)92-56(38-45(5)6)72(111)93-57(39-49-24-26-50(101)27-25-49)73(112)89-53(28-30-62(83)102)71(110)91-54(29-31-65(105)106)79(118)100-35-17-23-61(100)76(115)97-67(47(9)10)78(117)94-55(37-44(3)4)70(109)88-42-64(104)99-34-16-22-60(99)75(114)96-66(46(7)8)77(116)90-52(20-14-32-86-81(84)85)69(108)87-41-63(103)98-33-15-21-59(98)74(113)95-58(80(119)120)40-48-18-12-11-13-19-48/h11-13,18-19,24-27,43-47,51-61,66-67,101H,14-17,20-23,28-42,82H2,1-10H3,(H2,83,102)(H,87,108)(H,88,109)(H,89,112)(H,90,116)(H,91,110)(H,92,107)(H,93,111)(H,94,117)(H,95,113)(H,96,114)(H,97,115)(H,105,106)(H,119,120)(H4,84,85,86)/t51-,52-,53-,54-,55-,56-,57-,58-,59-,60-,61-,66-,67-/m0/s1. The highest BCUT2D eigenvalue weighted by Gasteiger charge is 2.44. The number of carboxylic acid groups (broad SMARTS) is 2. The number of primary amides is 1. The Balaban J connectivity index is 1.24. The quantitative estimate of drug-likeness (QED) is 0.0190. The maximum Gasteiger partial charge on any atom is 0.326 e. The summed E-state index contributed by atoms with van der Waals surface area (Å²) in [5.41, 5.74) is 23.8. The zero-order valence-electron chi connectivity index (χ0n) is 70.2. The molecule has 0 radical (unpaired) electrons. The molecule has 2 aromatic carbocycles. The van der Waals surface area contributed by atoms with Crippen LogP contribution in [-0.4, -0.2) is 254 Å². The molecule has 22 N–H and O–H groups in total. The van der Waals surface area contributed by atoms with Gasteiger partial charge in [-0.15, -0.1) is 0 Å². The molecule has 0 bridgehead atoms. The lowest BCUT2D eigenvalue weighted by Crippen LogP contribution is -2.61. The number of nitrogens with zero attached hydrogens (tertiary/aromatic N) is 4. The van der Waals surface area contributed by atoms with E-state index < -0.39 is 230 Å². The summed E-state index contributed by atoms with van der Waals surface area (Å²) in [6, 6.07) is -2.79. The first-order chi connectivity index (χ1) is 56.5. The van der Waals surface area contributed by atoms with Crippen LogP contribution >= 0.6 is 0 Å². The van der Waals surface area contributed by atoms with Crippen molar-refractivity contribution in [2.24, 2.45) is 57.5 Å². The topological polar surface area (TPSA) is 609 Å². The van der Waals surface area contributed by atoms with E-state index in [-0.39, 0.29) is 120 Å². The van der Waals surface area contributed by atoms with Crippen LogP contribution in [0.4, 0.5) is 0 Å². The molecule has 0 unspecified atom stereocenters. The zero-order chi connectivity index (χ0) is 89.4. The fourth-order valence-electron chi connectivity index (χ4n) is 14.4. The molecule has 3 fully saturated rings. The van der Waals surface area contributed by atoms with Gasteiger partial charge in [0.1, 0.15) is 78.3 Å².